The van der Waals surface area contributed by atoms with E-state index in [1.165, 1.54) is 13.0 Å². The third-order valence-electron chi connectivity index (χ3n) is 5.54. The van der Waals surface area contributed by atoms with Crippen LogP contribution in [0.1, 0.15) is 34.5 Å². The van der Waals surface area contributed by atoms with Gasteiger partial charge in [-0.3, -0.25) is 19.3 Å². The zero-order valence-electron chi connectivity index (χ0n) is 17.9. The molecule has 8 heteroatoms. The summed E-state index contributed by atoms with van der Waals surface area (Å²) in [7, 11) is 1.57. The molecule has 2 aromatic carbocycles. The molecule has 0 saturated carbocycles. The number of hydrogen-bond donors (Lipinski definition) is 2. The Bertz CT molecular complexity index is 995. The van der Waals surface area contributed by atoms with Crippen LogP contribution in [0.4, 0.5) is 10.1 Å². The molecule has 7 nitrogen and oxygen atoms in total. The SMILES string of the molecule is CNC(=O)c1cccc([C@@H]2CN(CC(=O)Nc3cccc(F)c3C)CCN2C(C)=O)c1. The summed E-state index contributed by atoms with van der Waals surface area (Å²) in [5.41, 5.74) is 2.19. The predicted molar refractivity (Wildman–Crippen MR) is 116 cm³/mol. The molecule has 0 unspecified atom stereocenters. The van der Waals surface area contributed by atoms with Crippen molar-refractivity contribution in [3.63, 3.8) is 0 Å². The highest BCUT2D eigenvalue weighted by Crippen LogP contribution is 2.26. The summed E-state index contributed by atoms with van der Waals surface area (Å²) in [5.74, 6) is -0.879. The molecule has 1 aliphatic rings. The lowest BCUT2D eigenvalue weighted by molar-refractivity contribution is -0.134. The number of piperazine rings is 1. The Morgan fingerprint density at radius 1 is 1.13 bits per heavy atom. The first-order valence-electron chi connectivity index (χ1n) is 10.2. The predicted octanol–water partition coefficient (Wildman–Crippen LogP) is 2.34. The first kappa shape index (κ1) is 22.4. The van der Waals surface area contributed by atoms with E-state index in [0.717, 1.165) is 5.56 Å². The lowest BCUT2D eigenvalue weighted by Gasteiger charge is -2.41. The minimum Gasteiger partial charge on any atom is -0.355 e. The smallest absolute Gasteiger partial charge is 0.251 e. The average molecular weight is 426 g/mol. The van der Waals surface area contributed by atoms with E-state index >= 15 is 0 Å². The van der Waals surface area contributed by atoms with Crippen molar-refractivity contribution in [2.75, 3.05) is 38.5 Å². The minimum absolute atomic E-state index is 0.0603. The molecule has 1 atom stereocenters. The van der Waals surface area contributed by atoms with E-state index < -0.39 is 0 Å². The van der Waals surface area contributed by atoms with Crippen molar-refractivity contribution in [1.29, 1.82) is 0 Å². The second kappa shape index (κ2) is 9.70. The summed E-state index contributed by atoms with van der Waals surface area (Å²) >= 11 is 0. The fourth-order valence-corrected chi connectivity index (χ4v) is 3.81. The standard InChI is InChI=1S/C23H27FN4O3/c1-15-19(24)8-5-9-20(15)26-22(30)14-27-10-11-28(16(2)29)21(13-27)17-6-4-7-18(12-17)23(31)25-3/h4-9,12,21H,10-11,13-14H2,1-3H3,(H,25,31)(H,26,30)/t21-/m0/s1. The number of carbonyl (C=O) groups excluding carboxylic acids is 3. The largest absolute Gasteiger partial charge is 0.355 e. The maximum Gasteiger partial charge on any atom is 0.251 e. The Morgan fingerprint density at radius 3 is 2.58 bits per heavy atom. The highest BCUT2D eigenvalue weighted by molar-refractivity contribution is 5.94. The van der Waals surface area contributed by atoms with Crippen molar-refractivity contribution < 1.29 is 18.8 Å². The maximum atomic E-state index is 13.7. The van der Waals surface area contributed by atoms with Crippen molar-refractivity contribution in [3.05, 3.63) is 65.0 Å². The van der Waals surface area contributed by atoms with Gasteiger partial charge in [-0.05, 0) is 36.8 Å². The monoisotopic (exact) mass is 426 g/mol. The molecule has 3 rings (SSSR count). The molecule has 1 aliphatic heterocycles. The maximum absolute atomic E-state index is 13.7. The van der Waals surface area contributed by atoms with Crippen molar-refractivity contribution in [1.82, 2.24) is 15.1 Å². The zero-order chi connectivity index (χ0) is 22.5. The third-order valence-corrected chi connectivity index (χ3v) is 5.54. The lowest BCUT2D eigenvalue weighted by Crippen LogP contribution is -2.51. The van der Waals surface area contributed by atoms with Crippen LogP contribution in [-0.2, 0) is 9.59 Å². The van der Waals surface area contributed by atoms with Gasteiger partial charge in [0.25, 0.3) is 5.91 Å². The quantitative estimate of drug-likeness (QED) is 0.769. The van der Waals surface area contributed by atoms with E-state index in [0.29, 0.717) is 36.4 Å². The number of nitrogens with one attached hydrogen (secondary N) is 2. The average Bonchev–Trinajstić information content (AvgIpc) is 2.76. The van der Waals surface area contributed by atoms with E-state index in [1.54, 1.807) is 49.2 Å². The molecule has 3 amide bonds. The third kappa shape index (κ3) is 5.27. The molecule has 0 radical (unpaired) electrons. The second-order valence-electron chi connectivity index (χ2n) is 7.63. The number of anilines is 1. The molecular formula is C23H27FN4O3. The Hall–Kier alpha value is -3.26. The molecule has 31 heavy (non-hydrogen) atoms. The molecular weight excluding hydrogens is 399 g/mol. The molecule has 2 N–H and O–H groups in total. The number of carbonyl (C=O) groups is 3. The number of halogens is 1. The van der Waals surface area contributed by atoms with Gasteiger partial charge in [-0.25, -0.2) is 4.39 Å². The van der Waals surface area contributed by atoms with Gasteiger partial charge in [0.1, 0.15) is 5.82 Å². The van der Waals surface area contributed by atoms with Crippen molar-refractivity contribution in [3.8, 4) is 0 Å². The molecule has 0 aromatic heterocycles. The molecule has 1 saturated heterocycles. The van der Waals surface area contributed by atoms with Crippen LogP contribution < -0.4 is 10.6 Å². The highest BCUT2D eigenvalue weighted by atomic mass is 19.1. The van der Waals surface area contributed by atoms with E-state index in [2.05, 4.69) is 10.6 Å². The van der Waals surface area contributed by atoms with Gasteiger partial charge >= 0.3 is 0 Å². The van der Waals surface area contributed by atoms with Crippen LogP contribution in [0.3, 0.4) is 0 Å². The van der Waals surface area contributed by atoms with E-state index in [-0.39, 0.29) is 36.1 Å². The molecule has 0 spiro atoms. The van der Waals surface area contributed by atoms with Gasteiger partial charge in [0, 0.05) is 50.4 Å². The molecule has 0 aliphatic carbocycles. The van der Waals surface area contributed by atoms with Gasteiger partial charge in [-0.2, -0.15) is 0 Å². The number of hydrogen-bond acceptors (Lipinski definition) is 4. The van der Waals surface area contributed by atoms with Crippen molar-refractivity contribution in [2.24, 2.45) is 0 Å². The lowest BCUT2D eigenvalue weighted by atomic mass is 9.99. The van der Waals surface area contributed by atoms with Crippen LogP contribution in [0, 0.1) is 12.7 Å². The topological polar surface area (TPSA) is 81.8 Å². The van der Waals surface area contributed by atoms with Gasteiger partial charge < -0.3 is 15.5 Å². The molecule has 1 heterocycles. The Morgan fingerprint density at radius 2 is 1.87 bits per heavy atom. The fraction of sp³-hybridized carbons (Fsp3) is 0.348. The van der Waals surface area contributed by atoms with Gasteiger partial charge in [0.2, 0.25) is 11.8 Å². The van der Waals surface area contributed by atoms with Gasteiger partial charge in [0.15, 0.2) is 0 Å². The normalized spacial score (nSPS) is 16.6. The Labute approximate surface area is 181 Å². The van der Waals surface area contributed by atoms with Crippen molar-refractivity contribution >= 4 is 23.4 Å². The van der Waals surface area contributed by atoms with Gasteiger partial charge in [-0.1, -0.05) is 18.2 Å². The molecule has 1 fully saturated rings. The second-order valence-corrected chi connectivity index (χ2v) is 7.63. The van der Waals surface area contributed by atoms with Crippen LogP contribution in [0.2, 0.25) is 0 Å². The number of amides is 3. The first-order chi connectivity index (χ1) is 14.8. The first-order valence-corrected chi connectivity index (χ1v) is 10.2. The summed E-state index contributed by atoms with van der Waals surface area (Å²) in [6.07, 6.45) is 0. The van der Waals surface area contributed by atoms with Crippen LogP contribution in [0.5, 0.6) is 0 Å². The van der Waals surface area contributed by atoms with E-state index in [9.17, 15) is 18.8 Å². The van der Waals surface area contributed by atoms with Crippen LogP contribution in [0.15, 0.2) is 42.5 Å². The fourth-order valence-electron chi connectivity index (χ4n) is 3.81. The van der Waals surface area contributed by atoms with Crippen molar-refractivity contribution in [2.45, 2.75) is 19.9 Å². The number of nitrogens with zero attached hydrogens (tertiary/aromatic N) is 2. The zero-order valence-corrected chi connectivity index (χ0v) is 17.9. The summed E-state index contributed by atoms with van der Waals surface area (Å²) in [6.45, 7) is 4.72. The number of rotatable bonds is 5. The summed E-state index contributed by atoms with van der Waals surface area (Å²) in [5, 5.41) is 5.37. The van der Waals surface area contributed by atoms with Gasteiger partial charge in [0.05, 0.1) is 12.6 Å². The van der Waals surface area contributed by atoms with Crippen LogP contribution >= 0.6 is 0 Å². The summed E-state index contributed by atoms with van der Waals surface area (Å²) < 4.78 is 13.7. The van der Waals surface area contributed by atoms with E-state index in [4.69, 9.17) is 0 Å². The van der Waals surface area contributed by atoms with E-state index in [1.807, 2.05) is 11.0 Å². The Balaban J connectivity index is 1.74. The van der Waals surface area contributed by atoms with Crippen LogP contribution in [0.25, 0.3) is 0 Å². The highest BCUT2D eigenvalue weighted by Gasteiger charge is 2.31. The van der Waals surface area contributed by atoms with Gasteiger partial charge in [-0.15, -0.1) is 0 Å². The minimum atomic E-state index is -0.371. The summed E-state index contributed by atoms with van der Waals surface area (Å²) in [6, 6.07) is 11.5. The number of benzene rings is 2. The molecule has 2 aromatic rings. The molecule has 164 valence electrons. The van der Waals surface area contributed by atoms with Crippen LogP contribution in [-0.4, -0.2) is 60.7 Å². The summed E-state index contributed by atoms with van der Waals surface area (Å²) in [4.78, 5) is 40.5. The Kier molecular flexibility index (Phi) is 7.02. The molecule has 0 bridgehead atoms.